The molecule has 1 N–H and O–H groups in total. The second-order valence-electron chi connectivity index (χ2n) is 7.85. The van der Waals surface area contributed by atoms with Gasteiger partial charge in [-0.2, -0.15) is 0 Å². The fourth-order valence-electron chi connectivity index (χ4n) is 3.66. The molecule has 5 nitrogen and oxygen atoms in total. The Kier molecular flexibility index (Phi) is 6.03. The number of para-hydroxylation sites is 1. The number of nitrogens with one attached hydrogen (secondary N) is 1. The average molecular weight is 429 g/mol. The summed E-state index contributed by atoms with van der Waals surface area (Å²) in [5.41, 5.74) is 3.32. The normalized spacial score (nSPS) is 10.8. The molecule has 0 spiro atoms. The van der Waals surface area contributed by atoms with E-state index in [0.717, 1.165) is 16.5 Å². The van der Waals surface area contributed by atoms with E-state index >= 15 is 0 Å². The summed E-state index contributed by atoms with van der Waals surface area (Å²) in [5, 5.41) is 3.86. The maximum absolute atomic E-state index is 14.3. The van der Waals surface area contributed by atoms with E-state index < -0.39 is 0 Å². The van der Waals surface area contributed by atoms with Gasteiger partial charge in [-0.05, 0) is 35.9 Å². The molecule has 0 saturated carbocycles. The van der Waals surface area contributed by atoms with Crippen molar-refractivity contribution in [1.82, 2.24) is 14.8 Å². The number of amides is 2. The number of aromatic nitrogens is 1. The van der Waals surface area contributed by atoms with Crippen LogP contribution in [0.25, 0.3) is 10.9 Å². The van der Waals surface area contributed by atoms with Gasteiger partial charge in [-0.25, -0.2) is 4.39 Å². The second kappa shape index (κ2) is 9.06. The minimum Gasteiger partial charge on any atom is -0.347 e. The second-order valence-corrected chi connectivity index (χ2v) is 7.85. The number of halogens is 1. The van der Waals surface area contributed by atoms with E-state index in [9.17, 15) is 14.0 Å². The third-order valence-corrected chi connectivity index (χ3v) is 5.39. The Morgan fingerprint density at radius 3 is 2.34 bits per heavy atom. The third-order valence-electron chi connectivity index (χ3n) is 5.39. The molecule has 0 bridgehead atoms. The molecular weight excluding hydrogens is 405 g/mol. The van der Waals surface area contributed by atoms with Crippen LogP contribution in [0.1, 0.15) is 32.0 Å². The van der Waals surface area contributed by atoms with Gasteiger partial charge in [0.2, 0.25) is 0 Å². The molecule has 0 atom stereocenters. The van der Waals surface area contributed by atoms with Crippen LogP contribution in [0.5, 0.6) is 0 Å². The summed E-state index contributed by atoms with van der Waals surface area (Å²) in [4.78, 5) is 26.6. The highest BCUT2D eigenvalue weighted by Crippen LogP contribution is 2.22. The van der Waals surface area contributed by atoms with Gasteiger partial charge >= 0.3 is 0 Å². The van der Waals surface area contributed by atoms with Crippen molar-refractivity contribution in [1.29, 1.82) is 0 Å². The van der Waals surface area contributed by atoms with Gasteiger partial charge in [-0.1, -0.05) is 48.5 Å². The summed E-state index contributed by atoms with van der Waals surface area (Å²) in [6.45, 7) is 0.570. The monoisotopic (exact) mass is 429 g/mol. The summed E-state index contributed by atoms with van der Waals surface area (Å²) in [5.74, 6) is -0.617. The lowest BCUT2D eigenvalue weighted by Gasteiger charge is -2.13. The molecule has 0 fully saturated rings. The molecular formula is C26H24FN3O2. The molecule has 4 aromatic rings. The van der Waals surface area contributed by atoms with Crippen LogP contribution in [0.15, 0.2) is 78.9 Å². The lowest BCUT2D eigenvalue weighted by molar-refractivity contribution is 0.0827. The van der Waals surface area contributed by atoms with E-state index in [4.69, 9.17) is 0 Å². The maximum Gasteiger partial charge on any atom is 0.268 e. The molecule has 3 aromatic carbocycles. The Balaban J connectivity index is 1.56. The summed E-state index contributed by atoms with van der Waals surface area (Å²) in [7, 11) is 3.41. The van der Waals surface area contributed by atoms with Gasteiger partial charge in [-0.3, -0.25) is 9.59 Å². The Morgan fingerprint density at radius 1 is 0.938 bits per heavy atom. The number of fused-ring (bicyclic) bond motifs is 1. The zero-order chi connectivity index (χ0) is 22.7. The number of nitrogens with zero attached hydrogens (tertiary/aromatic N) is 2. The first-order chi connectivity index (χ1) is 15.4. The van der Waals surface area contributed by atoms with Crippen molar-refractivity contribution in [2.75, 3.05) is 14.1 Å². The van der Waals surface area contributed by atoms with Gasteiger partial charge < -0.3 is 14.8 Å². The molecule has 0 aliphatic carbocycles. The lowest BCUT2D eigenvalue weighted by Crippen LogP contribution is -2.26. The molecule has 0 unspecified atom stereocenters. The Hall–Kier alpha value is -3.93. The van der Waals surface area contributed by atoms with E-state index in [1.54, 1.807) is 44.4 Å². The lowest BCUT2D eigenvalue weighted by atomic mass is 10.1. The quantitative estimate of drug-likeness (QED) is 0.492. The van der Waals surface area contributed by atoms with Gasteiger partial charge in [0.15, 0.2) is 0 Å². The van der Waals surface area contributed by atoms with Crippen LogP contribution in [0.4, 0.5) is 4.39 Å². The van der Waals surface area contributed by atoms with Gasteiger partial charge in [0, 0.05) is 42.7 Å². The maximum atomic E-state index is 14.3. The van der Waals surface area contributed by atoms with Crippen molar-refractivity contribution in [3.63, 3.8) is 0 Å². The van der Waals surface area contributed by atoms with Crippen molar-refractivity contribution in [2.24, 2.45) is 0 Å². The first-order valence-electron chi connectivity index (χ1n) is 10.3. The van der Waals surface area contributed by atoms with E-state index in [-0.39, 0.29) is 24.2 Å². The molecule has 0 aliphatic rings. The number of hydrogen-bond donors (Lipinski definition) is 1. The Bertz CT molecular complexity index is 1280. The van der Waals surface area contributed by atoms with Crippen LogP contribution in [0.3, 0.4) is 0 Å². The molecule has 6 heteroatoms. The van der Waals surface area contributed by atoms with Crippen molar-refractivity contribution >= 4 is 22.7 Å². The first kappa shape index (κ1) is 21.3. The van der Waals surface area contributed by atoms with Gasteiger partial charge in [0.25, 0.3) is 11.8 Å². The highest BCUT2D eigenvalue weighted by atomic mass is 19.1. The van der Waals surface area contributed by atoms with Gasteiger partial charge in [0.1, 0.15) is 11.5 Å². The van der Waals surface area contributed by atoms with Crippen LogP contribution in [0.2, 0.25) is 0 Å². The van der Waals surface area contributed by atoms with E-state index in [1.165, 1.54) is 11.0 Å². The molecule has 1 heterocycles. The SMILES string of the molecule is CN(C)C(=O)c1ccc(CNC(=O)c2cc3ccccc3n2Cc2ccccc2F)cc1. The predicted octanol–water partition coefficient (Wildman–Crippen LogP) is 4.46. The fraction of sp³-hybridized carbons (Fsp3) is 0.154. The number of carbonyl (C=O) groups excluding carboxylic acids is 2. The molecule has 162 valence electrons. The van der Waals surface area contributed by atoms with Crippen molar-refractivity contribution in [2.45, 2.75) is 13.1 Å². The third kappa shape index (κ3) is 4.39. The molecule has 32 heavy (non-hydrogen) atoms. The topological polar surface area (TPSA) is 54.3 Å². The largest absolute Gasteiger partial charge is 0.347 e. The van der Waals surface area contributed by atoms with E-state index in [2.05, 4.69) is 5.32 Å². The molecule has 0 saturated heterocycles. The fourth-order valence-corrected chi connectivity index (χ4v) is 3.66. The smallest absolute Gasteiger partial charge is 0.268 e. The van der Waals surface area contributed by atoms with E-state index in [0.29, 0.717) is 23.4 Å². The molecule has 1 aromatic heterocycles. The highest BCUT2D eigenvalue weighted by molar-refractivity contribution is 5.99. The molecule has 0 aliphatic heterocycles. The Morgan fingerprint density at radius 2 is 1.62 bits per heavy atom. The summed E-state index contributed by atoms with van der Waals surface area (Å²) < 4.78 is 16.1. The van der Waals surface area contributed by atoms with E-state index in [1.807, 2.05) is 47.0 Å². The van der Waals surface area contributed by atoms with Crippen molar-refractivity contribution in [3.8, 4) is 0 Å². The van der Waals surface area contributed by atoms with Crippen molar-refractivity contribution in [3.05, 3.63) is 107 Å². The zero-order valence-corrected chi connectivity index (χ0v) is 18.0. The first-order valence-corrected chi connectivity index (χ1v) is 10.3. The van der Waals surface area contributed by atoms with Crippen molar-refractivity contribution < 1.29 is 14.0 Å². The Labute approximate surface area is 186 Å². The average Bonchev–Trinajstić information content (AvgIpc) is 3.17. The molecule has 4 rings (SSSR count). The van der Waals surface area contributed by atoms with Gasteiger partial charge in [0.05, 0.1) is 6.54 Å². The van der Waals surface area contributed by atoms with Gasteiger partial charge in [-0.15, -0.1) is 0 Å². The summed E-state index contributed by atoms with van der Waals surface area (Å²) >= 11 is 0. The van der Waals surface area contributed by atoms with Crippen LogP contribution < -0.4 is 5.32 Å². The standard InChI is InChI=1S/C26H24FN3O2/c1-29(2)26(32)19-13-11-18(12-14-19)16-28-25(31)24-15-20-7-4-6-10-23(20)30(24)17-21-8-3-5-9-22(21)27/h3-15H,16-17H2,1-2H3,(H,28,31). The summed E-state index contributed by atoms with van der Waals surface area (Å²) in [6, 6.07) is 23.2. The zero-order valence-electron chi connectivity index (χ0n) is 18.0. The molecule has 2 amide bonds. The minimum absolute atomic E-state index is 0.0711. The number of benzene rings is 3. The van der Waals surface area contributed by atoms with Crippen LogP contribution in [-0.4, -0.2) is 35.4 Å². The highest BCUT2D eigenvalue weighted by Gasteiger charge is 2.17. The number of rotatable bonds is 6. The van der Waals surface area contributed by atoms with Crippen LogP contribution in [-0.2, 0) is 13.1 Å². The molecule has 0 radical (unpaired) electrons. The number of hydrogen-bond acceptors (Lipinski definition) is 2. The predicted molar refractivity (Wildman–Crippen MR) is 123 cm³/mol. The van der Waals surface area contributed by atoms with Crippen LogP contribution >= 0.6 is 0 Å². The van der Waals surface area contributed by atoms with Crippen LogP contribution in [0, 0.1) is 5.82 Å². The minimum atomic E-state index is -0.302. The number of carbonyl (C=O) groups is 2. The summed E-state index contributed by atoms with van der Waals surface area (Å²) in [6.07, 6.45) is 0.